The van der Waals surface area contributed by atoms with E-state index in [0.29, 0.717) is 28.0 Å². The number of nitrogens with zero attached hydrogens (tertiary/aromatic N) is 5. The Hall–Kier alpha value is -2.87. The van der Waals surface area contributed by atoms with Crippen molar-refractivity contribution < 1.29 is 9.15 Å². The molecule has 0 saturated heterocycles. The molecule has 8 nitrogen and oxygen atoms in total. The largest absolute Gasteiger partial charge is 0.475 e. The molecule has 4 rings (SSSR count). The molecule has 0 aliphatic carbocycles. The van der Waals surface area contributed by atoms with Gasteiger partial charge in [0.25, 0.3) is 0 Å². The SMILES string of the molecule is C[C@@H](Oc1c(N)ncc2ccoc12)c1nnc2ccc(Cl)nn12. The Balaban J connectivity index is 1.76. The molecule has 0 radical (unpaired) electrons. The summed E-state index contributed by atoms with van der Waals surface area (Å²) in [4.78, 5) is 4.10. The van der Waals surface area contributed by atoms with Crippen LogP contribution in [0.25, 0.3) is 16.6 Å². The van der Waals surface area contributed by atoms with Crippen LogP contribution in [0.4, 0.5) is 5.82 Å². The zero-order valence-corrected chi connectivity index (χ0v) is 12.7. The summed E-state index contributed by atoms with van der Waals surface area (Å²) >= 11 is 5.93. The summed E-state index contributed by atoms with van der Waals surface area (Å²) < 4.78 is 12.9. The maximum Gasteiger partial charge on any atom is 0.205 e. The fourth-order valence-electron chi connectivity index (χ4n) is 2.30. The zero-order valence-electron chi connectivity index (χ0n) is 12.0. The molecule has 0 fully saturated rings. The summed E-state index contributed by atoms with van der Waals surface area (Å²) in [7, 11) is 0. The highest BCUT2D eigenvalue weighted by Gasteiger charge is 2.20. The standard InChI is InChI=1S/C14H11ClN6O2/c1-7(14-19-18-10-3-2-9(15)20-21(10)14)23-12-11-8(4-5-22-11)6-17-13(12)16/h2-7H,1H3,(H2,16,17)/t7-/m1/s1. The monoisotopic (exact) mass is 330 g/mol. The van der Waals surface area contributed by atoms with Crippen LogP contribution in [0.5, 0.6) is 5.75 Å². The molecule has 9 heteroatoms. The molecule has 4 aromatic heterocycles. The fraction of sp³-hybridized carbons (Fsp3) is 0.143. The maximum absolute atomic E-state index is 5.93. The van der Waals surface area contributed by atoms with E-state index in [2.05, 4.69) is 20.3 Å². The van der Waals surface area contributed by atoms with Crippen LogP contribution >= 0.6 is 11.6 Å². The zero-order chi connectivity index (χ0) is 16.0. The first-order valence-corrected chi connectivity index (χ1v) is 7.17. The second-order valence-electron chi connectivity index (χ2n) is 4.92. The topological polar surface area (TPSA) is 104 Å². The van der Waals surface area contributed by atoms with Crippen LogP contribution in [-0.4, -0.2) is 24.8 Å². The molecular formula is C14H11ClN6O2. The molecule has 116 valence electrons. The summed E-state index contributed by atoms with van der Waals surface area (Å²) in [5.41, 5.74) is 7.01. The van der Waals surface area contributed by atoms with Crippen molar-refractivity contribution in [3.05, 3.63) is 41.6 Å². The molecule has 0 spiro atoms. The Labute approximate surface area is 134 Å². The highest BCUT2D eigenvalue weighted by molar-refractivity contribution is 6.29. The van der Waals surface area contributed by atoms with E-state index in [0.717, 1.165) is 5.39 Å². The number of anilines is 1. The second-order valence-corrected chi connectivity index (χ2v) is 5.31. The predicted molar refractivity (Wildman–Crippen MR) is 83.3 cm³/mol. The third-order valence-corrected chi connectivity index (χ3v) is 3.59. The van der Waals surface area contributed by atoms with Gasteiger partial charge in [-0.1, -0.05) is 11.6 Å². The Morgan fingerprint density at radius 1 is 1.30 bits per heavy atom. The molecule has 0 aromatic carbocycles. The number of aromatic nitrogens is 5. The van der Waals surface area contributed by atoms with Crippen LogP contribution in [0.15, 0.2) is 35.1 Å². The molecular weight excluding hydrogens is 320 g/mol. The highest BCUT2D eigenvalue weighted by Crippen LogP contribution is 2.33. The minimum Gasteiger partial charge on any atom is -0.475 e. The van der Waals surface area contributed by atoms with E-state index in [1.54, 1.807) is 37.6 Å². The van der Waals surface area contributed by atoms with Gasteiger partial charge in [0, 0.05) is 11.6 Å². The minimum atomic E-state index is -0.490. The molecule has 4 heterocycles. The van der Waals surface area contributed by atoms with Gasteiger partial charge in [0.1, 0.15) is 5.15 Å². The molecule has 23 heavy (non-hydrogen) atoms. The predicted octanol–water partition coefficient (Wildman–Crippen LogP) is 2.64. The lowest BCUT2D eigenvalue weighted by Crippen LogP contribution is -2.11. The third-order valence-electron chi connectivity index (χ3n) is 3.39. The lowest BCUT2D eigenvalue weighted by atomic mass is 10.3. The first-order valence-electron chi connectivity index (χ1n) is 6.79. The van der Waals surface area contributed by atoms with Gasteiger partial charge in [-0.05, 0) is 25.1 Å². The number of hydrogen-bond acceptors (Lipinski definition) is 7. The molecule has 0 bridgehead atoms. The molecule has 0 aliphatic heterocycles. The van der Waals surface area contributed by atoms with Crippen molar-refractivity contribution in [2.45, 2.75) is 13.0 Å². The van der Waals surface area contributed by atoms with E-state index in [1.165, 1.54) is 4.52 Å². The van der Waals surface area contributed by atoms with Crippen molar-refractivity contribution in [3.8, 4) is 5.75 Å². The molecule has 0 unspecified atom stereocenters. The lowest BCUT2D eigenvalue weighted by Gasteiger charge is -2.14. The van der Waals surface area contributed by atoms with E-state index >= 15 is 0 Å². The number of nitrogen functional groups attached to an aromatic ring is 1. The van der Waals surface area contributed by atoms with Crippen LogP contribution in [0.2, 0.25) is 5.15 Å². The van der Waals surface area contributed by atoms with E-state index in [9.17, 15) is 0 Å². The van der Waals surface area contributed by atoms with Crippen LogP contribution < -0.4 is 10.5 Å². The fourth-order valence-corrected chi connectivity index (χ4v) is 2.44. The van der Waals surface area contributed by atoms with Crippen LogP contribution in [0.1, 0.15) is 18.9 Å². The molecule has 1 atom stereocenters. The number of ether oxygens (including phenoxy) is 1. The Morgan fingerprint density at radius 3 is 3.04 bits per heavy atom. The van der Waals surface area contributed by atoms with E-state index in [1.807, 2.05) is 0 Å². The lowest BCUT2D eigenvalue weighted by molar-refractivity contribution is 0.214. The molecule has 0 aliphatic rings. The van der Waals surface area contributed by atoms with Gasteiger partial charge < -0.3 is 14.9 Å². The van der Waals surface area contributed by atoms with Gasteiger partial charge in [0.2, 0.25) is 5.75 Å². The number of fused-ring (bicyclic) bond motifs is 2. The Kier molecular flexibility index (Phi) is 3.05. The van der Waals surface area contributed by atoms with Crippen molar-refractivity contribution >= 4 is 34.0 Å². The summed E-state index contributed by atoms with van der Waals surface area (Å²) in [5.74, 6) is 1.09. The number of pyridine rings is 1. The summed E-state index contributed by atoms with van der Waals surface area (Å²) in [6.45, 7) is 1.81. The average Bonchev–Trinajstić information content (AvgIpc) is 3.16. The van der Waals surface area contributed by atoms with Gasteiger partial charge in [-0.25, -0.2) is 4.98 Å². The summed E-state index contributed by atoms with van der Waals surface area (Å²) in [6, 6.07) is 5.15. The summed E-state index contributed by atoms with van der Waals surface area (Å²) in [5, 5.41) is 13.5. The quantitative estimate of drug-likeness (QED) is 0.615. The van der Waals surface area contributed by atoms with Crippen molar-refractivity contribution in [1.29, 1.82) is 0 Å². The third kappa shape index (κ3) is 2.23. The minimum absolute atomic E-state index is 0.235. The van der Waals surface area contributed by atoms with E-state index < -0.39 is 6.10 Å². The van der Waals surface area contributed by atoms with Gasteiger partial charge >= 0.3 is 0 Å². The first-order chi connectivity index (χ1) is 11.1. The Bertz CT molecular complexity index is 1010. The number of halogens is 1. The van der Waals surface area contributed by atoms with Crippen LogP contribution in [0, 0.1) is 0 Å². The average molecular weight is 331 g/mol. The van der Waals surface area contributed by atoms with Gasteiger partial charge in [0.05, 0.1) is 6.26 Å². The van der Waals surface area contributed by atoms with Gasteiger partial charge in [-0.15, -0.1) is 10.2 Å². The number of hydrogen-bond donors (Lipinski definition) is 1. The van der Waals surface area contributed by atoms with Crippen molar-refractivity contribution in [3.63, 3.8) is 0 Å². The molecule has 2 N–H and O–H groups in total. The van der Waals surface area contributed by atoms with Crippen molar-refractivity contribution in [1.82, 2.24) is 24.8 Å². The van der Waals surface area contributed by atoms with E-state index in [4.69, 9.17) is 26.5 Å². The highest BCUT2D eigenvalue weighted by atomic mass is 35.5. The van der Waals surface area contributed by atoms with Crippen molar-refractivity contribution in [2.24, 2.45) is 0 Å². The van der Waals surface area contributed by atoms with Crippen LogP contribution in [-0.2, 0) is 0 Å². The smallest absolute Gasteiger partial charge is 0.205 e. The normalized spacial score (nSPS) is 12.8. The number of rotatable bonds is 3. The summed E-state index contributed by atoms with van der Waals surface area (Å²) in [6.07, 6.45) is 2.69. The Morgan fingerprint density at radius 2 is 2.17 bits per heavy atom. The van der Waals surface area contributed by atoms with E-state index in [-0.39, 0.29) is 5.82 Å². The van der Waals surface area contributed by atoms with Gasteiger partial charge in [-0.2, -0.15) is 9.61 Å². The van der Waals surface area contributed by atoms with Crippen molar-refractivity contribution in [2.75, 3.05) is 5.73 Å². The van der Waals surface area contributed by atoms with Crippen LogP contribution in [0.3, 0.4) is 0 Å². The molecule has 0 amide bonds. The van der Waals surface area contributed by atoms with Gasteiger partial charge in [0.15, 0.2) is 29.0 Å². The molecule has 4 aromatic rings. The number of furan rings is 1. The second kappa shape index (κ2) is 5.10. The maximum atomic E-state index is 5.93. The molecule has 0 saturated carbocycles. The van der Waals surface area contributed by atoms with Gasteiger partial charge in [-0.3, -0.25) is 0 Å². The first kappa shape index (κ1) is 13.8. The number of nitrogens with two attached hydrogens (primary N) is 1.